The zero-order chi connectivity index (χ0) is 21.5. The van der Waals surface area contributed by atoms with Crippen LogP contribution in [0.4, 0.5) is 5.69 Å². The molecule has 0 saturated carbocycles. The monoisotopic (exact) mass is 424 g/mol. The van der Waals surface area contributed by atoms with Gasteiger partial charge in [0, 0.05) is 17.8 Å². The number of ketones is 1. The lowest BCUT2D eigenvalue weighted by Crippen LogP contribution is -2.15. The molecule has 0 aliphatic heterocycles. The Kier molecular flexibility index (Phi) is 7.24. The fourth-order valence-corrected chi connectivity index (χ4v) is 3.69. The van der Waals surface area contributed by atoms with E-state index in [4.69, 9.17) is 4.74 Å². The van der Waals surface area contributed by atoms with Crippen LogP contribution in [-0.4, -0.2) is 32.2 Å². The molecule has 2 aromatic carbocycles. The minimum Gasteiger partial charge on any atom is -0.483 e. The molecule has 156 valence electrons. The van der Waals surface area contributed by atoms with Gasteiger partial charge in [-0.1, -0.05) is 30.0 Å². The lowest BCUT2D eigenvalue weighted by Gasteiger charge is -2.15. The smallest absolute Gasteiger partial charge is 0.234 e. The number of nitrogens with zero attached hydrogens (tertiary/aromatic N) is 3. The second-order valence-corrected chi connectivity index (χ2v) is 7.57. The van der Waals surface area contributed by atoms with Crippen molar-refractivity contribution in [2.75, 3.05) is 11.1 Å². The fraction of sp³-hybridized carbons (Fsp3) is 0.273. The van der Waals surface area contributed by atoms with Crippen molar-refractivity contribution in [3.05, 3.63) is 66.0 Å². The van der Waals surface area contributed by atoms with Crippen LogP contribution in [0.1, 0.15) is 43.1 Å². The number of rotatable bonds is 9. The van der Waals surface area contributed by atoms with Crippen LogP contribution in [0.15, 0.2) is 59.8 Å². The minimum absolute atomic E-state index is 0.0105. The molecule has 0 fully saturated rings. The number of carbonyl (C=O) groups is 2. The number of para-hydroxylation sites is 1. The molecule has 1 aromatic heterocycles. The van der Waals surface area contributed by atoms with Crippen LogP contribution in [0.2, 0.25) is 0 Å². The number of amides is 1. The molecule has 7 nitrogen and oxygen atoms in total. The first kappa shape index (κ1) is 21.6. The number of hydrogen-bond acceptors (Lipinski definition) is 6. The molecule has 0 spiro atoms. The Bertz CT molecular complexity index is 1000. The Hall–Kier alpha value is -3.13. The molecule has 30 heavy (non-hydrogen) atoms. The molecule has 8 heteroatoms. The Balaban J connectivity index is 1.60. The Morgan fingerprint density at radius 2 is 1.80 bits per heavy atom. The van der Waals surface area contributed by atoms with Crippen LogP contribution in [0.3, 0.4) is 0 Å². The van der Waals surface area contributed by atoms with Crippen LogP contribution >= 0.6 is 11.8 Å². The van der Waals surface area contributed by atoms with Crippen LogP contribution < -0.4 is 10.1 Å². The van der Waals surface area contributed by atoms with Crippen molar-refractivity contribution in [1.29, 1.82) is 0 Å². The van der Waals surface area contributed by atoms with E-state index in [9.17, 15) is 9.59 Å². The summed E-state index contributed by atoms with van der Waals surface area (Å²) in [5.41, 5.74) is 1.26. The lowest BCUT2D eigenvalue weighted by molar-refractivity contribution is -0.113. The Labute approximate surface area is 179 Å². The molecule has 1 atom stereocenters. The van der Waals surface area contributed by atoms with Gasteiger partial charge in [-0.25, -0.2) is 0 Å². The van der Waals surface area contributed by atoms with Gasteiger partial charge in [0.25, 0.3) is 0 Å². The van der Waals surface area contributed by atoms with Crippen LogP contribution in [0, 0.1) is 0 Å². The number of Topliss-reactive ketones (excluding diaryl/α,β-unsaturated/α-hetero) is 1. The summed E-state index contributed by atoms with van der Waals surface area (Å²) in [6.07, 6.45) is -0.275. The molecule has 0 radical (unpaired) electrons. The second kappa shape index (κ2) is 10.1. The number of hydrogen-bond donors (Lipinski definition) is 1. The highest BCUT2D eigenvalue weighted by atomic mass is 32.2. The molecule has 1 heterocycles. The normalized spacial score (nSPS) is 11.7. The largest absolute Gasteiger partial charge is 0.483 e. The van der Waals surface area contributed by atoms with Crippen molar-refractivity contribution in [2.24, 2.45) is 0 Å². The first-order valence-corrected chi connectivity index (χ1v) is 10.6. The summed E-state index contributed by atoms with van der Waals surface area (Å²) < 4.78 is 7.90. The van der Waals surface area contributed by atoms with Gasteiger partial charge in [0.15, 0.2) is 22.9 Å². The maximum Gasteiger partial charge on any atom is 0.234 e. The van der Waals surface area contributed by atoms with Crippen LogP contribution in [0.25, 0.3) is 0 Å². The molecule has 3 rings (SSSR count). The molecule has 0 saturated heterocycles. The molecule has 1 N–H and O–H groups in total. The number of anilines is 1. The third kappa shape index (κ3) is 5.48. The van der Waals surface area contributed by atoms with Crippen molar-refractivity contribution in [2.45, 2.75) is 38.6 Å². The maximum atomic E-state index is 12.3. The summed E-state index contributed by atoms with van der Waals surface area (Å²) in [5.74, 6) is 1.50. The van der Waals surface area contributed by atoms with E-state index in [0.717, 1.165) is 5.75 Å². The van der Waals surface area contributed by atoms with Crippen LogP contribution in [-0.2, 0) is 11.3 Å². The van der Waals surface area contributed by atoms with Gasteiger partial charge >= 0.3 is 0 Å². The summed E-state index contributed by atoms with van der Waals surface area (Å²) in [5, 5.41) is 12.0. The summed E-state index contributed by atoms with van der Waals surface area (Å²) >= 11 is 1.32. The number of thioether (sulfide) groups is 1. The average molecular weight is 425 g/mol. The number of nitrogens with one attached hydrogen (secondary N) is 1. The lowest BCUT2D eigenvalue weighted by atomic mass is 10.1. The first-order chi connectivity index (χ1) is 14.5. The second-order valence-electron chi connectivity index (χ2n) is 6.63. The van der Waals surface area contributed by atoms with Gasteiger partial charge in [-0.2, -0.15) is 0 Å². The third-order valence-electron chi connectivity index (χ3n) is 4.39. The van der Waals surface area contributed by atoms with Crippen molar-refractivity contribution in [3.8, 4) is 5.75 Å². The molecule has 1 unspecified atom stereocenters. The van der Waals surface area contributed by atoms with Crippen molar-refractivity contribution in [3.63, 3.8) is 0 Å². The number of benzene rings is 2. The molecule has 1 amide bonds. The van der Waals surface area contributed by atoms with E-state index in [2.05, 4.69) is 15.5 Å². The van der Waals surface area contributed by atoms with Crippen LogP contribution in [0.5, 0.6) is 5.75 Å². The predicted octanol–water partition coefficient (Wildman–Crippen LogP) is 4.37. The van der Waals surface area contributed by atoms with E-state index in [1.165, 1.54) is 18.7 Å². The highest BCUT2D eigenvalue weighted by Gasteiger charge is 2.19. The summed E-state index contributed by atoms with van der Waals surface area (Å²) in [4.78, 5) is 23.6. The van der Waals surface area contributed by atoms with E-state index in [1.54, 1.807) is 24.3 Å². The van der Waals surface area contributed by atoms with Gasteiger partial charge in [-0.15, -0.1) is 10.2 Å². The Morgan fingerprint density at radius 1 is 1.10 bits per heavy atom. The predicted molar refractivity (Wildman–Crippen MR) is 117 cm³/mol. The number of aromatic nitrogens is 3. The van der Waals surface area contributed by atoms with Gasteiger partial charge in [-0.3, -0.25) is 9.59 Å². The van der Waals surface area contributed by atoms with E-state index in [1.807, 2.05) is 48.7 Å². The SMILES string of the molecule is CCn1c(SCC(=O)Nc2ccc(C(C)=O)cc2)nnc1C(C)Oc1ccccc1. The van der Waals surface area contributed by atoms with E-state index in [-0.39, 0.29) is 23.5 Å². The topological polar surface area (TPSA) is 86.1 Å². The van der Waals surface area contributed by atoms with Gasteiger partial charge in [0.05, 0.1) is 5.75 Å². The Morgan fingerprint density at radius 3 is 2.43 bits per heavy atom. The van der Waals surface area contributed by atoms with E-state index >= 15 is 0 Å². The highest BCUT2D eigenvalue weighted by molar-refractivity contribution is 7.99. The van der Waals surface area contributed by atoms with Crippen molar-refractivity contribution >= 4 is 29.1 Å². The van der Waals surface area contributed by atoms with E-state index in [0.29, 0.717) is 28.8 Å². The summed E-state index contributed by atoms with van der Waals surface area (Å²) in [6.45, 7) is 6.10. The van der Waals surface area contributed by atoms with Crippen molar-refractivity contribution < 1.29 is 14.3 Å². The fourth-order valence-electron chi connectivity index (χ4n) is 2.88. The van der Waals surface area contributed by atoms with E-state index < -0.39 is 0 Å². The molecule has 0 bridgehead atoms. The van der Waals surface area contributed by atoms with Gasteiger partial charge in [0.1, 0.15) is 5.75 Å². The minimum atomic E-state index is -0.275. The first-order valence-electron chi connectivity index (χ1n) is 9.66. The maximum absolute atomic E-state index is 12.3. The zero-order valence-electron chi connectivity index (χ0n) is 17.2. The number of carbonyl (C=O) groups excluding carboxylic acids is 2. The van der Waals surface area contributed by atoms with Gasteiger partial charge < -0.3 is 14.6 Å². The molecule has 0 aliphatic rings. The highest BCUT2D eigenvalue weighted by Crippen LogP contribution is 2.24. The van der Waals surface area contributed by atoms with Gasteiger partial charge in [-0.05, 0) is 57.2 Å². The molecular formula is C22H24N4O3S. The number of ether oxygens (including phenoxy) is 1. The molecular weight excluding hydrogens is 400 g/mol. The molecule has 3 aromatic rings. The van der Waals surface area contributed by atoms with Crippen molar-refractivity contribution in [1.82, 2.24) is 14.8 Å². The quantitative estimate of drug-likeness (QED) is 0.405. The standard InChI is InChI=1S/C22H24N4O3S/c1-4-26-21(16(3)29-19-8-6-5-7-9-19)24-25-22(26)30-14-20(28)23-18-12-10-17(11-13-18)15(2)27/h5-13,16H,4,14H2,1-3H3,(H,23,28). The summed E-state index contributed by atoms with van der Waals surface area (Å²) in [6, 6.07) is 16.4. The van der Waals surface area contributed by atoms with Gasteiger partial charge in [0.2, 0.25) is 5.91 Å². The average Bonchev–Trinajstić information content (AvgIpc) is 3.16. The molecule has 0 aliphatic carbocycles. The zero-order valence-corrected chi connectivity index (χ0v) is 18.0. The third-order valence-corrected chi connectivity index (χ3v) is 5.36. The summed E-state index contributed by atoms with van der Waals surface area (Å²) in [7, 11) is 0.